The minimum Gasteiger partial charge on any atom is -0.340 e. The van der Waals surface area contributed by atoms with Crippen LogP contribution in [0.1, 0.15) is 213 Å². The number of rotatable bonds is 25. The second kappa shape index (κ2) is 22.3. The van der Waals surface area contributed by atoms with Gasteiger partial charge in [0.2, 0.25) is 12.1 Å². The highest BCUT2D eigenvalue weighted by molar-refractivity contribution is 5.87. The molecule has 3 aromatic carbocycles. The molecule has 3 heterocycles. The molecule has 6 nitrogen and oxygen atoms in total. The lowest BCUT2D eigenvalue weighted by Gasteiger charge is -2.40. The molecule has 0 amide bonds. The molecule has 1 atom stereocenters. The second-order valence-electron chi connectivity index (χ2n) is 24.5. The van der Waals surface area contributed by atoms with Gasteiger partial charge in [-0.1, -0.05) is 155 Å². The monoisotopic (exact) mass is 933 g/mol. The van der Waals surface area contributed by atoms with Gasteiger partial charge in [-0.25, -0.2) is 0 Å². The molecular formula is C62H100N4O2+4. The van der Waals surface area contributed by atoms with Crippen LogP contribution in [0.3, 0.4) is 0 Å². The number of aryl methyl sites for hydroxylation is 1. The topological polar surface area (TPSA) is 24.5 Å². The van der Waals surface area contributed by atoms with Gasteiger partial charge in [0.05, 0.1) is 63.5 Å². The van der Waals surface area contributed by atoms with E-state index in [1.165, 1.54) is 177 Å². The molecule has 376 valence electrons. The number of fused-ring (bicyclic) bond motifs is 2. The zero-order valence-corrected chi connectivity index (χ0v) is 46.6. The first-order valence-corrected chi connectivity index (χ1v) is 28.0. The average molecular weight is 934 g/mol. The van der Waals surface area contributed by atoms with Crippen LogP contribution in [0.5, 0.6) is 11.5 Å². The van der Waals surface area contributed by atoms with E-state index in [2.05, 4.69) is 168 Å². The molecule has 0 N–H and O–H groups in total. The fourth-order valence-corrected chi connectivity index (χ4v) is 11.8. The first kappa shape index (κ1) is 53.9. The van der Waals surface area contributed by atoms with E-state index in [1.54, 1.807) is 0 Å². The van der Waals surface area contributed by atoms with E-state index in [4.69, 9.17) is 9.47 Å². The van der Waals surface area contributed by atoms with Crippen LogP contribution < -0.4 is 9.47 Å². The fourth-order valence-electron chi connectivity index (χ4n) is 11.8. The summed E-state index contributed by atoms with van der Waals surface area (Å²) in [6, 6.07) is 15.9. The van der Waals surface area contributed by atoms with Crippen molar-refractivity contribution < 1.29 is 27.6 Å². The van der Waals surface area contributed by atoms with Gasteiger partial charge in [0.15, 0.2) is 23.9 Å². The van der Waals surface area contributed by atoms with E-state index in [-0.39, 0.29) is 16.4 Å². The summed E-state index contributed by atoms with van der Waals surface area (Å²) in [5, 5.41) is 0. The van der Waals surface area contributed by atoms with Gasteiger partial charge in [0, 0.05) is 32.3 Å². The normalized spacial score (nSPS) is 17.7. The first-order chi connectivity index (χ1) is 32.2. The van der Waals surface area contributed by atoms with Crippen molar-refractivity contribution in [2.45, 2.75) is 216 Å². The van der Waals surface area contributed by atoms with Gasteiger partial charge in [-0.3, -0.25) is 0 Å². The van der Waals surface area contributed by atoms with Gasteiger partial charge in [0.25, 0.3) is 0 Å². The molecule has 0 saturated carbocycles. The molecule has 6 rings (SSSR count). The summed E-state index contributed by atoms with van der Waals surface area (Å²) < 4.78 is 22.1. The molecule has 68 heavy (non-hydrogen) atoms. The maximum atomic E-state index is 7.46. The number of ether oxygens (including phenoxy) is 2. The molecule has 1 saturated heterocycles. The fraction of sp³-hybridized carbons (Fsp3) is 0.677. The van der Waals surface area contributed by atoms with Gasteiger partial charge in [0.1, 0.15) is 0 Å². The molecule has 0 bridgehead atoms. The lowest BCUT2D eigenvalue weighted by molar-refractivity contribution is -0.928. The van der Waals surface area contributed by atoms with Crippen molar-refractivity contribution in [3.05, 3.63) is 81.4 Å². The van der Waals surface area contributed by atoms with E-state index >= 15 is 0 Å². The summed E-state index contributed by atoms with van der Waals surface area (Å²) >= 11 is 0. The molecule has 6 heteroatoms. The summed E-state index contributed by atoms with van der Waals surface area (Å²) in [5.74, 6) is 1.86. The Kier molecular flexibility index (Phi) is 17.7. The van der Waals surface area contributed by atoms with Crippen LogP contribution in [-0.4, -0.2) is 101 Å². The molecule has 3 aliphatic rings. The standard InChI is InChI=1S/C62H100N4O2/c1-16-22-33-65(34-23-17-2,35-24-18-3)39-31-49-29-28-30-50(32-40-66(36-25-19-4,37-26-20-5)38-27-21-6)56(49)51-41-48(7)57-52(42-51)45-63-47-61(14,15)64-46-53-43-54(59(8,9)10)44-55(60(11,12)13)58(53)68-62(63,64)67-57/h28-30,41-46H,16-27,31-40,47H2,1-15H3/q+4. The zero-order chi connectivity index (χ0) is 49.5. The van der Waals surface area contributed by atoms with Gasteiger partial charge in [-0.2, -0.15) is 0 Å². The highest BCUT2D eigenvalue weighted by atomic mass is 16.7. The molecule has 0 aromatic heterocycles. The lowest BCUT2D eigenvalue weighted by Crippen LogP contribution is -2.61. The van der Waals surface area contributed by atoms with Crippen molar-refractivity contribution in [3.8, 4) is 22.6 Å². The van der Waals surface area contributed by atoms with E-state index in [0.29, 0.717) is 0 Å². The Labute approximate surface area is 417 Å². The number of hydrogen-bond donors (Lipinski definition) is 0. The van der Waals surface area contributed by atoms with Crippen molar-refractivity contribution in [2.24, 2.45) is 0 Å². The smallest absolute Gasteiger partial charge is 0.340 e. The molecule has 0 aliphatic carbocycles. The molecule has 1 fully saturated rings. The van der Waals surface area contributed by atoms with E-state index in [0.717, 1.165) is 42.0 Å². The summed E-state index contributed by atoms with van der Waals surface area (Å²) in [7, 11) is 0. The lowest BCUT2D eigenvalue weighted by atomic mass is 9.79. The average Bonchev–Trinajstić information content (AvgIpc) is 3.52. The van der Waals surface area contributed by atoms with Crippen LogP contribution in [0.4, 0.5) is 0 Å². The third-order valence-electron chi connectivity index (χ3n) is 16.2. The summed E-state index contributed by atoms with van der Waals surface area (Å²) in [5.41, 5.74) is 11.5. The molecular weight excluding hydrogens is 833 g/mol. The predicted octanol–water partition coefficient (Wildman–Crippen LogP) is 14.5. The van der Waals surface area contributed by atoms with E-state index in [1.807, 2.05) is 0 Å². The maximum absolute atomic E-state index is 7.46. The Morgan fingerprint density at radius 2 is 1.01 bits per heavy atom. The predicted molar refractivity (Wildman–Crippen MR) is 291 cm³/mol. The van der Waals surface area contributed by atoms with Crippen LogP contribution in [0, 0.1) is 6.92 Å². The molecule has 0 radical (unpaired) electrons. The van der Waals surface area contributed by atoms with Crippen LogP contribution in [0.25, 0.3) is 11.1 Å². The summed E-state index contributed by atoms with van der Waals surface area (Å²) in [6.45, 7) is 46.0. The van der Waals surface area contributed by atoms with Crippen molar-refractivity contribution >= 4 is 12.4 Å². The highest BCUT2D eigenvalue weighted by Crippen LogP contribution is 2.48. The Bertz CT molecular complexity index is 2140. The summed E-state index contributed by atoms with van der Waals surface area (Å²) in [6.07, 6.45) is 22.3. The largest absolute Gasteiger partial charge is 0.704 e. The summed E-state index contributed by atoms with van der Waals surface area (Å²) in [4.78, 5) is 0. The Morgan fingerprint density at radius 1 is 0.559 bits per heavy atom. The SMILES string of the molecule is CCCC[N+](CCCC)(CCCC)CCc1cccc(CC[N+](CCCC)(CCCC)CCCC)c1-c1cc(C)c2c(c1)C=[N+]1CC(C)(C)[N+]3=Cc4cc(C(C)(C)C)cc(C(C)(C)C)c4OC13O2. The van der Waals surface area contributed by atoms with Crippen LogP contribution >= 0.6 is 0 Å². The molecule has 3 aliphatic heterocycles. The van der Waals surface area contributed by atoms with Gasteiger partial charge in [-0.05, 0) is 108 Å². The maximum Gasteiger partial charge on any atom is 0.704 e. The molecule has 1 unspecified atom stereocenters. The van der Waals surface area contributed by atoms with Gasteiger partial charge < -0.3 is 18.4 Å². The van der Waals surface area contributed by atoms with Crippen molar-refractivity contribution in [1.82, 2.24) is 0 Å². The minimum atomic E-state index is -1.12. The third kappa shape index (κ3) is 11.8. The zero-order valence-electron chi connectivity index (χ0n) is 46.6. The van der Waals surface area contributed by atoms with Crippen LogP contribution in [0.15, 0.2) is 42.5 Å². The second-order valence-corrected chi connectivity index (χ2v) is 24.5. The Morgan fingerprint density at radius 3 is 1.46 bits per heavy atom. The molecule has 1 spiro atoms. The first-order valence-electron chi connectivity index (χ1n) is 28.0. The van der Waals surface area contributed by atoms with E-state index in [9.17, 15) is 0 Å². The van der Waals surface area contributed by atoms with Crippen LogP contribution in [0.2, 0.25) is 0 Å². The van der Waals surface area contributed by atoms with Crippen LogP contribution in [-0.2, 0) is 23.7 Å². The third-order valence-corrected chi connectivity index (χ3v) is 16.2. The van der Waals surface area contributed by atoms with Gasteiger partial charge in [-0.15, -0.1) is 0 Å². The highest BCUT2D eigenvalue weighted by Gasteiger charge is 2.75. The van der Waals surface area contributed by atoms with Crippen molar-refractivity contribution in [1.29, 1.82) is 0 Å². The van der Waals surface area contributed by atoms with Gasteiger partial charge >= 0.3 is 6.03 Å². The minimum absolute atomic E-state index is 0.00868. The quantitative estimate of drug-likeness (QED) is 0.0625. The molecule has 3 aromatic rings. The number of nitrogens with zero attached hydrogens (tertiary/aromatic N) is 4. The Balaban J connectivity index is 1.49. The van der Waals surface area contributed by atoms with Crippen molar-refractivity contribution in [3.63, 3.8) is 0 Å². The number of benzene rings is 3. The van der Waals surface area contributed by atoms with Crippen molar-refractivity contribution in [2.75, 3.05) is 58.9 Å². The number of hydrogen-bond acceptors (Lipinski definition) is 2. The van der Waals surface area contributed by atoms with E-state index < -0.39 is 6.03 Å². The Hall–Kier alpha value is -3.48. The number of quaternary nitrogens is 2. The number of unbranched alkanes of at least 4 members (excludes halogenated alkanes) is 6.